The van der Waals surface area contributed by atoms with Gasteiger partial charge in [-0.05, 0) is 27.2 Å². The van der Waals surface area contributed by atoms with Gasteiger partial charge < -0.3 is 9.84 Å². The van der Waals surface area contributed by atoms with Gasteiger partial charge in [0.2, 0.25) is 0 Å². The molecule has 0 radical (unpaired) electrons. The molecule has 2 atom stereocenters. The molecule has 5 nitrogen and oxygen atoms in total. The minimum atomic E-state index is -0.954. The number of carboxylic acids is 1. The Hall–Kier alpha value is -1.26. The van der Waals surface area contributed by atoms with Gasteiger partial charge in [0, 0.05) is 0 Å². The van der Waals surface area contributed by atoms with Crippen molar-refractivity contribution in [3.63, 3.8) is 0 Å². The molecule has 1 amide bonds. The summed E-state index contributed by atoms with van der Waals surface area (Å²) in [5, 5.41) is 8.92. The number of nitrogens with zero attached hydrogens (tertiary/aromatic N) is 1. The Kier molecular flexibility index (Phi) is 3.45. The first-order valence-corrected chi connectivity index (χ1v) is 5.52. The Morgan fingerprint density at radius 1 is 1.38 bits per heavy atom. The number of rotatable bonds is 3. The van der Waals surface area contributed by atoms with Crippen LogP contribution in [0.2, 0.25) is 0 Å². The predicted octanol–water partition coefficient (Wildman–Crippen LogP) is 1.86. The molecule has 1 aliphatic heterocycles. The summed E-state index contributed by atoms with van der Waals surface area (Å²) in [6, 6.07) is -0.896. The summed E-state index contributed by atoms with van der Waals surface area (Å²) in [7, 11) is 0. The first-order chi connectivity index (χ1) is 7.28. The quantitative estimate of drug-likeness (QED) is 0.750. The molecule has 1 aliphatic rings. The Balaban J connectivity index is 2.60. The van der Waals surface area contributed by atoms with Crippen molar-refractivity contribution in [2.45, 2.75) is 58.2 Å². The van der Waals surface area contributed by atoms with Crippen molar-refractivity contribution in [2.24, 2.45) is 0 Å². The number of aliphatic carboxylic acids is 1. The van der Waals surface area contributed by atoms with Gasteiger partial charge in [-0.2, -0.15) is 0 Å². The van der Waals surface area contributed by atoms with E-state index in [-0.39, 0.29) is 6.04 Å². The van der Waals surface area contributed by atoms with Crippen LogP contribution in [0.3, 0.4) is 0 Å². The Bertz CT molecular complexity index is 295. The minimum absolute atomic E-state index is 0.197. The van der Waals surface area contributed by atoms with Gasteiger partial charge in [-0.25, -0.2) is 9.59 Å². The largest absolute Gasteiger partial charge is 0.480 e. The molecule has 92 valence electrons. The molecular formula is C11H19NO4. The van der Waals surface area contributed by atoms with E-state index in [0.717, 1.165) is 6.42 Å². The number of carbonyl (C=O) groups is 2. The molecule has 1 saturated heterocycles. The maximum atomic E-state index is 11.7. The second-order valence-corrected chi connectivity index (χ2v) is 5.03. The van der Waals surface area contributed by atoms with Crippen molar-refractivity contribution < 1.29 is 19.4 Å². The van der Waals surface area contributed by atoms with Crippen LogP contribution in [0.25, 0.3) is 0 Å². The molecule has 0 aromatic carbocycles. The molecule has 0 aliphatic carbocycles. The standard InChI is InChI=1S/C11H19NO4/c1-5-6-7-8(9(13)14)12(7)10(15)16-11(2,3)4/h7-8H,5-6H2,1-4H3,(H,13,14)/t7?,8-,12?/m1/s1. The van der Waals surface area contributed by atoms with Crippen molar-refractivity contribution in [1.29, 1.82) is 0 Å². The van der Waals surface area contributed by atoms with Gasteiger partial charge in [-0.15, -0.1) is 0 Å². The summed E-state index contributed by atoms with van der Waals surface area (Å²) >= 11 is 0. The highest BCUT2D eigenvalue weighted by Crippen LogP contribution is 2.34. The lowest BCUT2D eigenvalue weighted by Gasteiger charge is -2.20. The number of carbonyl (C=O) groups excluding carboxylic acids is 1. The molecule has 1 unspecified atom stereocenters. The Morgan fingerprint density at radius 2 is 1.94 bits per heavy atom. The zero-order valence-corrected chi connectivity index (χ0v) is 10.2. The highest BCUT2D eigenvalue weighted by molar-refractivity contribution is 5.87. The predicted molar refractivity (Wildman–Crippen MR) is 58.2 cm³/mol. The normalized spacial score (nSPS) is 24.1. The van der Waals surface area contributed by atoms with Gasteiger partial charge in [0.05, 0.1) is 6.04 Å². The first kappa shape index (κ1) is 12.8. The zero-order chi connectivity index (χ0) is 12.5. The molecular weight excluding hydrogens is 210 g/mol. The van der Waals surface area contributed by atoms with Crippen LogP contribution in [-0.2, 0) is 9.53 Å². The maximum Gasteiger partial charge on any atom is 0.411 e. The molecule has 1 rings (SSSR count). The lowest BCUT2D eigenvalue weighted by Crippen LogP contribution is -2.29. The highest BCUT2D eigenvalue weighted by Gasteiger charge is 2.56. The van der Waals surface area contributed by atoms with Crippen LogP contribution in [0.1, 0.15) is 40.5 Å². The Morgan fingerprint density at radius 3 is 2.31 bits per heavy atom. The molecule has 1 fully saturated rings. The van der Waals surface area contributed by atoms with E-state index in [1.165, 1.54) is 4.90 Å². The van der Waals surface area contributed by atoms with Gasteiger partial charge >= 0.3 is 12.1 Å². The highest BCUT2D eigenvalue weighted by atomic mass is 16.6. The minimum Gasteiger partial charge on any atom is -0.480 e. The van der Waals surface area contributed by atoms with Crippen LogP contribution >= 0.6 is 0 Å². The fraction of sp³-hybridized carbons (Fsp3) is 0.818. The first-order valence-electron chi connectivity index (χ1n) is 5.52. The number of hydrogen-bond donors (Lipinski definition) is 1. The van der Waals surface area contributed by atoms with Gasteiger partial charge in [0.15, 0.2) is 6.04 Å². The van der Waals surface area contributed by atoms with Crippen molar-refractivity contribution in [3.05, 3.63) is 0 Å². The zero-order valence-electron chi connectivity index (χ0n) is 10.2. The average molecular weight is 229 g/mol. The van der Waals surface area contributed by atoms with E-state index in [0.29, 0.717) is 6.42 Å². The second-order valence-electron chi connectivity index (χ2n) is 5.03. The summed E-state index contributed by atoms with van der Waals surface area (Å²) < 4.78 is 5.14. The second kappa shape index (κ2) is 4.31. The van der Waals surface area contributed by atoms with Crippen LogP contribution < -0.4 is 0 Å². The monoisotopic (exact) mass is 229 g/mol. The van der Waals surface area contributed by atoms with Crippen molar-refractivity contribution in [3.8, 4) is 0 Å². The van der Waals surface area contributed by atoms with Crippen molar-refractivity contribution in [2.75, 3.05) is 0 Å². The fourth-order valence-corrected chi connectivity index (χ4v) is 1.72. The van der Waals surface area contributed by atoms with Crippen LogP contribution in [0.4, 0.5) is 4.79 Å². The lowest BCUT2D eigenvalue weighted by molar-refractivity contribution is -0.137. The summed E-state index contributed by atoms with van der Waals surface area (Å²) in [4.78, 5) is 23.8. The molecule has 1 heterocycles. The third kappa shape index (κ3) is 2.87. The third-order valence-electron chi connectivity index (χ3n) is 2.37. The third-order valence-corrected chi connectivity index (χ3v) is 2.37. The molecule has 0 aromatic rings. The maximum absolute atomic E-state index is 11.7. The van der Waals surface area contributed by atoms with Crippen LogP contribution in [0.15, 0.2) is 0 Å². The molecule has 1 N–H and O–H groups in total. The van der Waals surface area contributed by atoms with E-state index in [1.807, 2.05) is 6.92 Å². The molecule has 0 aromatic heterocycles. The number of carboxylic acid groups (broad SMARTS) is 1. The fourth-order valence-electron chi connectivity index (χ4n) is 1.72. The average Bonchev–Trinajstić information content (AvgIpc) is 2.76. The van der Waals surface area contributed by atoms with Crippen LogP contribution in [-0.4, -0.2) is 39.8 Å². The van der Waals surface area contributed by atoms with Crippen molar-refractivity contribution >= 4 is 12.1 Å². The van der Waals surface area contributed by atoms with Crippen LogP contribution in [0.5, 0.6) is 0 Å². The molecule has 16 heavy (non-hydrogen) atoms. The molecule has 0 bridgehead atoms. The lowest BCUT2D eigenvalue weighted by atomic mass is 10.2. The van der Waals surface area contributed by atoms with E-state index in [4.69, 9.17) is 9.84 Å². The summed E-state index contributed by atoms with van der Waals surface area (Å²) in [6.45, 7) is 7.25. The topological polar surface area (TPSA) is 66.6 Å². The van der Waals surface area contributed by atoms with E-state index in [9.17, 15) is 9.59 Å². The Labute approximate surface area is 95.4 Å². The smallest absolute Gasteiger partial charge is 0.411 e. The van der Waals surface area contributed by atoms with Gasteiger partial charge in [0.25, 0.3) is 0 Å². The van der Waals surface area contributed by atoms with E-state index < -0.39 is 23.7 Å². The number of hydrogen-bond acceptors (Lipinski definition) is 3. The van der Waals surface area contributed by atoms with E-state index in [2.05, 4.69) is 0 Å². The molecule has 5 heteroatoms. The van der Waals surface area contributed by atoms with E-state index in [1.54, 1.807) is 20.8 Å². The van der Waals surface area contributed by atoms with Gasteiger partial charge in [-0.1, -0.05) is 13.3 Å². The summed E-state index contributed by atoms with van der Waals surface area (Å²) in [5.74, 6) is -0.954. The summed E-state index contributed by atoms with van der Waals surface area (Å²) in [6.07, 6.45) is 1.03. The van der Waals surface area contributed by atoms with E-state index >= 15 is 0 Å². The van der Waals surface area contributed by atoms with Gasteiger partial charge in [-0.3, -0.25) is 4.90 Å². The van der Waals surface area contributed by atoms with Gasteiger partial charge in [0.1, 0.15) is 5.60 Å². The SMILES string of the molecule is CCCC1[C@H](C(=O)O)N1C(=O)OC(C)(C)C. The summed E-state index contributed by atoms with van der Waals surface area (Å²) in [5.41, 5.74) is -0.584. The number of ether oxygens (including phenoxy) is 1. The van der Waals surface area contributed by atoms with Crippen LogP contribution in [0, 0.1) is 0 Å². The van der Waals surface area contributed by atoms with Crippen molar-refractivity contribution in [1.82, 2.24) is 4.90 Å². The molecule has 0 spiro atoms. The number of amides is 1. The molecule has 0 saturated carbocycles.